The first-order valence-electron chi connectivity index (χ1n) is 14.3. The van der Waals surface area contributed by atoms with Gasteiger partial charge in [-0.05, 0) is 99.5 Å². The Balaban J connectivity index is 1.41. The number of halogens is 2. The molecule has 1 aliphatic heterocycles. The number of hydrogen-bond donors (Lipinski definition) is 1. The largest absolute Gasteiger partial charge is 0.444 e. The Labute approximate surface area is 250 Å². The third-order valence-corrected chi connectivity index (χ3v) is 8.61. The number of amides is 1. The Morgan fingerprint density at radius 1 is 0.854 bits per heavy atom. The fraction of sp³-hybridized carbons (Fsp3) is 0.394. The molecule has 41 heavy (non-hydrogen) atoms. The van der Waals surface area contributed by atoms with Crippen LogP contribution in [0.2, 0.25) is 10.0 Å². The van der Waals surface area contributed by atoms with E-state index in [4.69, 9.17) is 33.0 Å². The lowest BCUT2D eigenvalue weighted by Crippen LogP contribution is -2.41. The summed E-state index contributed by atoms with van der Waals surface area (Å²) < 4.78 is 7.84. The van der Waals surface area contributed by atoms with Crippen LogP contribution in [0.15, 0.2) is 66.7 Å². The van der Waals surface area contributed by atoms with Gasteiger partial charge in [0.05, 0.1) is 11.6 Å². The van der Waals surface area contributed by atoms with Gasteiger partial charge in [-0.15, -0.1) is 0 Å². The first-order chi connectivity index (χ1) is 19.5. The van der Waals surface area contributed by atoms with Gasteiger partial charge in [0.25, 0.3) is 0 Å². The molecule has 0 radical (unpaired) electrons. The fourth-order valence-electron chi connectivity index (χ4n) is 5.90. The van der Waals surface area contributed by atoms with Crippen LogP contribution in [-0.4, -0.2) is 44.6 Å². The van der Waals surface area contributed by atoms with Crippen LogP contribution in [0.25, 0.3) is 10.9 Å². The predicted octanol–water partition coefficient (Wildman–Crippen LogP) is 8.08. The van der Waals surface area contributed by atoms with Crippen molar-refractivity contribution in [3.05, 3.63) is 99.2 Å². The van der Waals surface area contributed by atoms with Gasteiger partial charge in [0.2, 0.25) is 0 Å². The number of nitrogens with zero attached hydrogens (tertiary/aromatic N) is 3. The summed E-state index contributed by atoms with van der Waals surface area (Å²) in [5.41, 5.74) is 2.34. The molecule has 214 valence electrons. The van der Waals surface area contributed by atoms with Crippen LogP contribution in [-0.2, 0) is 10.3 Å². The minimum absolute atomic E-state index is 0.244. The van der Waals surface area contributed by atoms with Crippen LogP contribution in [0.4, 0.5) is 4.79 Å². The highest BCUT2D eigenvalue weighted by molar-refractivity contribution is 6.30. The summed E-state index contributed by atoms with van der Waals surface area (Å²) >= 11 is 12.4. The van der Waals surface area contributed by atoms with Crippen LogP contribution < -0.4 is 0 Å². The number of carbonyl (C=O) groups excluding carboxylic acids is 1. The van der Waals surface area contributed by atoms with E-state index in [0.29, 0.717) is 40.3 Å². The molecule has 0 spiro atoms. The molecular weight excluding hydrogens is 557 g/mol. The van der Waals surface area contributed by atoms with Gasteiger partial charge in [0, 0.05) is 40.1 Å². The van der Waals surface area contributed by atoms with E-state index in [1.54, 1.807) is 24.3 Å². The summed E-state index contributed by atoms with van der Waals surface area (Å²) in [6.45, 7) is 6.95. The van der Waals surface area contributed by atoms with E-state index in [0.717, 1.165) is 42.1 Å². The Hall–Kier alpha value is -3.06. The zero-order valence-electron chi connectivity index (χ0n) is 23.6. The van der Waals surface area contributed by atoms with Crippen molar-refractivity contribution >= 4 is 40.2 Å². The Morgan fingerprint density at radius 3 is 1.90 bits per heavy atom. The van der Waals surface area contributed by atoms with Gasteiger partial charge in [-0.25, -0.2) is 4.79 Å². The molecule has 1 amide bonds. The lowest BCUT2D eigenvalue weighted by molar-refractivity contribution is 0.0203. The number of ether oxygens (including phenoxy) is 1. The maximum absolute atomic E-state index is 12.7. The van der Waals surface area contributed by atoms with Crippen LogP contribution in [0.5, 0.6) is 0 Å². The summed E-state index contributed by atoms with van der Waals surface area (Å²) in [7, 11) is 0. The Kier molecular flexibility index (Phi) is 7.29. The molecule has 6 nitrogen and oxygen atoms in total. The number of rotatable bonds is 5. The van der Waals surface area contributed by atoms with E-state index in [1.807, 2.05) is 62.1 Å². The SMILES string of the molecule is CC(C)(C)OC(=O)N1CCC(c2c3cc(C(O)(c4ccc(Cl)cc4)c4ccc(Cl)cc4)ccc3nn2C2CC2)CC1. The lowest BCUT2D eigenvalue weighted by Gasteiger charge is -2.34. The molecule has 1 saturated heterocycles. The molecule has 1 aromatic heterocycles. The summed E-state index contributed by atoms with van der Waals surface area (Å²) in [6.07, 6.45) is 3.63. The second-order valence-electron chi connectivity index (χ2n) is 12.3. The molecule has 0 bridgehead atoms. The third kappa shape index (κ3) is 5.57. The number of fused-ring (bicyclic) bond motifs is 1. The quantitative estimate of drug-likeness (QED) is 0.238. The number of likely N-dealkylation sites (tertiary alicyclic amines) is 1. The molecule has 1 saturated carbocycles. The predicted molar refractivity (Wildman–Crippen MR) is 163 cm³/mol. The maximum atomic E-state index is 12.7. The van der Waals surface area contributed by atoms with E-state index in [9.17, 15) is 9.90 Å². The van der Waals surface area contributed by atoms with Crippen LogP contribution in [0.1, 0.15) is 80.8 Å². The normalized spacial score (nSPS) is 16.8. The number of hydrogen-bond acceptors (Lipinski definition) is 4. The monoisotopic (exact) mass is 591 g/mol. The van der Waals surface area contributed by atoms with Crippen molar-refractivity contribution in [1.82, 2.24) is 14.7 Å². The molecule has 2 heterocycles. The molecular formula is C33H35Cl2N3O3. The molecule has 0 unspecified atom stereocenters. The number of aliphatic hydroxyl groups is 1. The van der Waals surface area contributed by atoms with Crippen molar-refractivity contribution in [2.45, 2.75) is 69.6 Å². The van der Waals surface area contributed by atoms with E-state index < -0.39 is 11.2 Å². The smallest absolute Gasteiger partial charge is 0.410 e. The second kappa shape index (κ2) is 10.6. The van der Waals surface area contributed by atoms with Crippen LogP contribution in [0, 0.1) is 0 Å². The maximum Gasteiger partial charge on any atom is 0.410 e. The minimum atomic E-state index is -1.43. The molecule has 2 fully saturated rings. The standard InChI is InChI=1S/C33H35Cl2N3O3/c1-32(2,3)41-31(39)37-18-16-21(17-19-37)30-28-20-24(8-15-29(28)36-38(30)27-13-14-27)33(40,22-4-9-25(34)10-5-22)23-6-11-26(35)12-7-23/h4-12,15,20-21,27,40H,13-14,16-19H2,1-3H3. The zero-order valence-corrected chi connectivity index (χ0v) is 25.1. The zero-order chi connectivity index (χ0) is 28.9. The van der Waals surface area contributed by atoms with E-state index in [2.05, 4.69) is 10.7 Å². The van der Waals surface area contributed by atoms with Crippen molar-refractivity contribution in [2.24, 2.45) is 0 Å². The van der Waals surface area contributed by atoms with E-state index >= 15 is 0 Å². The highest BCUT2D eigenvalue weighted by Gasteiger charge is 2.37. The number of carbonyl (C=O) groups is 1. The average molecular weight is 593 g/mol. The van der Waals surface area contributed by atoms with Crippen molar-refractivity contribution in [3.63, 3.8) is 0 Å². The first-order valence-corrected chi connectivity index (χ1v) is 15.0. The van der Waals surface area contributed by atoms with Gasteiger partial charge in [0.15, 0.2) is 0 Å². The van der Waals surface area contributed by atoms with Gasteiger partial charge in [-0.1, -0.05) is 53.5 Å². The molecule has 1 aliphatic carbocycles. The average Bonchev–Trinajstić information content (AvgIpc) is 3.72. The summed E-state index contributed by atoms with van der Waals surface area (Å²) in [5, 5.41) is 19.8. The summed E-state index contributed by atoms with van der Waals surface area (Å²) in [5.74, 6) is 0.244. The van der Waals surface area contributed by atoms with E-state index in [1.165, 1.54) is 5.69 Å². The molecule has 3 aromatic carbocycles. The van der Waals surface area contributed by atoms with Gasteiger partial charge in [-0.2, -0.15) is 5.10 Å². The van der Waals surface area contributed by atoms with Crippen molar-refractivity contribution in [2.75, 3.05) is 13.1 Å². The highest BCUT2D eigenvalue weighted by Crippen LogP contribution is 2.44. The fourth-order valence-corrected chi connectivity index (χ4v) is 6.15. The summed E-state index contributed by atoms with van der Waals surface area (Å²) in [6, 6.07) is 21.1. The first kappa shape index (κ1) is 28.1. The lowest BCUT2D eigenvalue weighted by atomic mass is 9.79. The minimum Gasteiger partial charge on any atom is -0.444 e. The van der Waals surface area contributed by atoms with Gasteiger partial charge in [0.1, 0.15) is 11.2 Å². The Morgan fingerprint density at radius 2 is 1.39 bits per heavy atom. The topological polar surface area (TPSA) is 67.6 Å². The highest BCUT2D eigenvalue weighted by atomic mass is 35.5. The number of benzene rings is 3. The van der Waals surface area contributed by atoms with Gasteiger partial charge in [-0.3, -0.25) is 4.68 Å². The summed E-state index contributed by atoms with van der Waals surface area (Å²) in [4.78, 5) is 14.5. The van der Waals surface area contributed by atoms with Crippen molar-refractivity contribution in [1.29, 1.82) is 0 Å². The van der Waals surface area contributed by atoms with E-state index in [-0.39, 0.29) is 12.0 Å². The molecule has 6 rings (SSSR count). The molecule has 8 heteroatoms. The molecule has 4 aromatic rings. The van der Waals surface area contributed by atoms with Crippen molar-refractivity contribution < 1.29 is 14.6 Å². The van der Waals surface area contributed by atoms with Crippen LogP contribution in [0.3, 0.4) is 0 Å². The molecule has 0 atom stereocenters. The molecule has 1 N–H and O–H groups in total. The van der Waals surface area contributed by atoms with Gasteiger partial charge >= 0.3 is 6.09 Å². The van der Waals surface area contributed by atoms with Crippen molar-refractivity contribution in [3.8, 4) is 0 Å². The third-order valence-electron chi connectivity index (χ3n) is 8.10. The number of aromatic nitrogens is 2. The Bertz CT molecular complexity index is 1520. The molecule has 2 aliphatic rings. The second-order valence-corrected chi connectivity index (χ2v) is 13.1. The van der Waals surface area contributed by atoms with Crippen LogP contribution >= 0.6 is 23.2 Å². The number of piperidine rings is 1. The van der Waals surface area contributed by atoms with Gasteiger partial charge < -0.3 is 14.7 Å².